The number of aromatic amines is 1. The van der Waals surface area contributed by atoms with Gasteiger partial charge in [-0.1, -0.05) is 0 Å². The second kappa shape index (κ2) is 5.29. The summed E-state index contributed by atoms with van der Waals surface area (Å²) in [6, 6.07) is 1.34. The van der Waals surface area contributed by atoms with Crippen molar-refractivity contribution < 1.29 is 9.53 Å². The molecule has 0 fully saturated rings. The zero-order chi connectivity index (χ0) is 12.1. The first kappa shape index (κ1) is 12.2. The van der Waals surface area contributed by atoms with E-state index in [1.165, 1.54) is 6.07 Å². The minimum atomic E-state index is -0.343. The average molecular weight is 225 g/mol. The largest absolute Gasteiger partial charge is 0.465 e. The summed E-state index contributed by atoms with van der Waals surface area (Å²) in [4.78, 5) is 30.6. The van der Waals surface area contributed by atoms with E-state index in [1.807, 2.05) is 0 Å². The summed E-state index contributed by atoms with van der Waals surface area (Å²) >= 11 is 0. The summed E-state index contributed by atoms with van der Waals surface area (Å²) in [7, 11) is 1.68. The van der Waals surface area contributed by atoms with Gasteiger partial charge in [0.15, 0.2) is 0 Å². The Balaban J connectivity index is 2.76. The zero-order valence-electron chi connectivity index (χ0n) is 9.61. The fraction of sp³-hybridized carbons (Fsp3) is 0.500. The van der Waals surface area contributed by atoms with Crippen LogP contribution in [0, 0.1) is 6.92 Å². The normalized spacial score (nSPS) is 9.94. The van der Waals surface area contributed by atoms with Gasteiger partial charge in [-0.25, -0.2) is 4.98 Å². The zero-order valence-corrected chi connectivity index (χ0v) is 9.61. The number of nitrogens with one attached hydrogen (secondary N) is 1. The fourth-order valence-electron chi connectivity index (χ4n) is 1.24. The third kappa shape index (κ3) is 3.38. The summed E-state index contributed by atoms with van der Waals surface area (Å²) in [6.07, 6.45) is 0. The van der Waals surface area contributed by atoms with E-state index >= 15 is 0 Å². The summed E-state index contributed by atoms with van der Waals surface area (Å²) in [5.74, 6) is 0.622. The number of nitrogens with zero attached hydrogens (tertiary/aromatic N) is 2. The van der Waals surface area contributed by atoms with Gasteiger partial charge in [-0.3, -0.25) is 9.59 Å². The van der Waals surface area contributed by atoms with Crippen LogP contribution in [0.25, 0.3) is 0 Å². The van der Waals surface area contributed by atoms with Crippen LogP contribution in [-0.2, 0) is 9.53 Å². The van der Waals surface area contributed by atoms with Gasteiger partial charge in [-0.05, 0) is 13.8 Å². The molecule has 0 aliphatic carbocycles. The molecule has 0 aliphatic heterocycles. The number of aromatic nitrogens is 2. The molecule has 0 unspecified atom stereocenters. The van der Waals surface area contributed by atoms with E-state index in [4.69, 9.17) is 4.74 Å². The van der Waals surface area contributed by atoms with E-state index in [2.05, 4.69) is 9.97 Å². The molecule has 0 amide bonds. The topological polar surface area (TPSA) is 75.3 Å². The SMILES string of the molecule is CCOC(=O)CN(C)c1cc(=O)[nH]c(C)n1. The third-order valence-electron chi connectivity index (χ3n) is 1.91. The number of ether oxygens (including phenoxy) is 1. The van der Waals surface area contributed by atoms with Gasteiger partial charge in [0.05, 0.1) is 6.61 Å². The quantitative estimate of drug-likeness (QED) is 0.734. The Hall–Kier alpha value is -1.85. The van der Waals surface area contributed by atoms with Gasteiger partial charge in [-0.15, -0.1) is 0 Å². The fourth-order valence-corrected chi connectivity index (χ4v) is 1.24. The molecule has 0 aromatic carbocycles. The molecule has 0 spiro atoms. The second-order valence-corrected chi connectivity index (χ2v) is 3.35. The maximum Gasteiger partial charge on any atom is 0.325 e. The number of rotatable bonds is 4. The first-order valence-electron chi connectivity index (χ1n) is 4.97. The van der Waals surface area contributed by atoms with Gasteiger partial charge < -0.3 is 14.6 Å². The Labute approximate surface area is 93.3 Å². The molecular formula is C10H15N3O3. The van der Waals surface area contributed by atoms with Crippen LogP contribution in [0.2, 0.25) is 0 Å². The molecule has 6 heteroatoms. The van der Waals surface area contributed by atoms with Crippen LogP contribution in [0.5, 0.6) is 0 Å². The van der Waals surface area contributed by atoms with Crippen molar-refractivity contribution >= 4 is 11.8 Å². The van der Waals surface area contributed by atoms with Gasteiger partial charge in [0.1, 0.15) is 18.2 Å². The maximum atomic E-state index is 11.2. The number of likely N-dealkylation sites (N-methyl/N-ethyl adjacent to an activating group) is 1. The van der Waals surface area contributed by atoms with E-state index in [-0.39, 0.29) is 18.1 Å². The molecular weight excluding hydrogens is 210 g/mol. The van der Waals surface area contributed by atoms with Crippen molar-refractivity contribution in [2.24, 2.45) is 0 Å². The van der Waals surface area contributed by atoms with Crippen molar-refractivity contribution in [1.29, 1.82) is 0 Å². The molecule has 1 aromatic heterocycles. The van der Waals surface area contributed by atoms with Gasteiger partial charge >= 0.3 is 5.97 Å². The van der Waals surface area contributed by atoms with Crippen LogP contribution in [-0.4, -0.2) is 36.1 Å². The van der Waals surface area contributed by atoms with E-state index in [0.29, 0.717) is 18.2 Å². The molecule has 0 saturated carbocycles. The highest BCUT2D eigenvalue weighted by molar-refractivity contribution is 5.75. The van der Waals surface area contributed by atoms with Gasteiger partial charge in [0.25, 0.3) is 5.56 Å². The first-order chi connectivity index (χ1) is 7.52. The van der Waals surface area contributed by atoms with Crippen LogP contribution < -0.4 is 10.5 Å². The molecule has 88 valence electrons. The molecule has 0 aliphatic rings. The van der Waals surface area contributed by atoms with Gasteiger partial charge in [0, 0.05) is 13.1 Å². The van der Waals surface area contributed by atoms with E-state index in [1.54, 1.807) is 25.8 Å². The number of carbonyl (C=O) groups excluding carboxylic acids is 1. The molecule has 0 bridgehead atoms. The van der Waals surface area contributed by atoms with Crippen molar-refractivity contribution in [3.63, 3.8) is 0 Å². The number of hydrogen-bond acceptors (Lipinski definition) is 5. The number of aryl methyl sites for hydroxylation is 1. The Morgan fingerprint density at radius 3 is 2.88 bits per heavy atom. The van der Waals surface area contributed by atoms with Crippen LogP contribution in [0.15, 0.2) is 10.9 Å². The predicted molar refractivity (Wildman–Crippen MR) is 59.5 cm³/mol. The number of hydrogen-bond donors (Lipinski definition) is 1. The highest BCUT2D eigenvalue weighted by atomic mass is 16.5. The lowest BCUT2D eigenvalue weighted by Crippen LogP contribution is -2.29. The van der Waals surface area contributed by atoms with Crippen molar-refractivity contribution in [2.75, 3.05) is 25.1 Å². The lowest BCUT2D eigenvalue weighted by molar-refractivity contribution is -0.141. The number of esters is 1. The van der Waals surface area contributed by atoms with E-state index in [0.717, 1.165) is 0 Å². The van der Waals surface area contributed by atoms with Crippen LogP contribution in [0.4, 0.5) is 5.82 Å². The third-order valence-corrected chi connectivity index (χ3v) is 1.91. The summed E-state index contributed by atoms with van der Waals surface area (Å²) in [6.45, 7) is 3.84. The van der Waals surface area contributed by atoms with Crippen molar-refractivity contribution in [3.05, 3.63) is 22.2 Å². The molecule has 1 rings (SSSR count). The van der Waals surface area contributed by atoms with Crippen LogP contribution >= 0.6 is 0 Å². The Kier molecular flexibility index (Phi) is 4.04. The average Bonchev–Trinajstić information content (AvgIpc) is 2.16. The molecule has 0 atom stereocenters. The van der Waals surface area contributed by atoms with Crippen LogP contribution in [0.3, 0.4) is 0 Å². The molecule has 0 saturated heterocycles. The maximum absolute atomic E-state index is 11.2. The predicted octanol–water partition coefficient (Wildman–Crippen LogP) is 0.0776. The van der Waals surface area contributed by atoms with E-state index in [9.17, 15) is 9.59 Å². The molecule has 1 heterocycles. The van der Waals surface area contributed by atoms with Gasteiger partial charge in [-0.2, -0.15) is 0 Å². The first-order valence-corrected chi connectivity index (χ1v) is 4.97. The highest BCUT2D eigenvalue weighted by Gasteiger charge is 2.10. The summed E-state index contributed by atoms with van der Waals surface area (Å²) in [5, 5.41) is 0. The molecule has 1 N–H and O–H groups in total. The Bertz CT molecular complexity index is 428. The number of H-pyrrole nitrogens is 1. The minimum absolute atomic E-state index is 0.0731. The highest BCUT2D eigenvalue weighted by Crippen LogP contribution is 2.04. The Morgan fingerprint density at radius 1 is 1.62 bits per heavy atom. The lowest BCUT2D eigenvalue weighted by Gasteiger charge is -2.16. The second-order valence-electron chi connectivity index (χ2n) is 3.35. The monoisotopic (exact) mass is 225 g/mol. The van der Waals surface area contributed by atoms with Crippen LogP contribution in [0.1, 0.15) is 12.7 Å². The molecule has 0 radical (unpaired) electrons. The summed E-state index contributed by atoms with van der Waals surface area (Å²) < 4.78 is 4.80. The minimum Gasteiger partial charge on any atom is -0.465 e. The van der Waals surface area contributed by atoms with E-state index < -0.39 is 0 Å². The lowest BCUT2D eigenvalue weighted by atomic mass is 10.4. The summed E-state index contributed by atoms with van der Waals surface area (Å²) in [5.41, 5.74) is -0.238. The smallest absolute Gasteiger partial charge is 0.325 e. The molecule has 16 heavy (non-hydrogen) atoms. The van der Waals surface area contributed by atoms with Crippen molar-refractivity contribution in [3.8, 4) is 0 Å². The standard InChI is InChI=1S/C10H15N3O3/c1-4-16-10(15)6-13(3)8-5-9(14)12-7(2)11-8/h5H,4,6H2,1-3H3,(H,11,12,14). The molecule has 1 aromatic rings. The Morgan fingerprint density at radius 2 is 2.31 bits per heavy atom. The number of carbonyl (C=O) groups is 1. The van der Waals surface area contributed by atoms with Crippen molar-refractivity contribution in [1.82, 2.24) is 9.97 Å². The van der Waals surface area contributed by atoms with Crippen molar-refractivity contribution in [2.45, 2.75) is 13.8 Å². The number of anilines is 1. The molecule has 6 nitrogen and oxygen atoms in total. The van der Waals surface area contributed by atoms with Gasteiger partial charge in [0.2, 0.25) is 0 Å².